The molecule has 1 saturated carbocycles. The third-order valence-corrected chi connectivity index (χ3v) is 4.29. The molecule has 112 valence electrons. The van der Waals surface area contributed by atoms with E-state index in [1.54, 1.807) is 0 Å². The van der Waals surface area contributed by atoms with Gasteiger partial charge in [0.1, 0.15) is 6.10 Å². The number of fused-ring (bicyclic) bond motifs is 1. The summed E-state index contributed by atoms with van der Waals surface area (Å²) in [4.78, 5) is 4.59. The molecular formula is C18H24N2O. The average Bonchev–Trinajstić information content (AvgIpc) is 2.79. The smallest absolute Gasteiger partial charge is 0.221 e. The molecule has 21 heavy (non-hydrogen) atoms. The van der Waals surface area contributed by atoms with E-state index in [-0.39, 0.29) is 0 Å². The van der Waals surface area contributed by atoms with Crippen LogP contribution in [0.3, 0.4) is 0 Å². The molecule has 3 nitrogen and oxygen atoms in total. The molecule has 2 aromatic rings. The summed E-state index contributed by atoms with van der Waals surface area (Å²) in [6.07, 6.45) is 9.84. The lowest BCUT2D eigenvalue weighted by Crippen LogP contribution is -2.16. The van der Waals surface area contributed by atoms with Crippen molar-refractivity contribution in [2.24, 2.45) is 0 Å². The Bertz CT molecular complexity index is 589. The maximum Gasteiger partial charge on any atom is 0.221 e. The topological polar surface area (TPSA) is 34.2 Å². The molecule has 0 bridgehead atoms. The molecule has 1 aromatic heterocycles. The number of benzene rings is 1. The Morgan fingerprint density at radius 3 is 2.52 bits per heavy atom. The minimum Gasteiger partial charge on any atom is -0.474 e. The van der Waals surface area contributed by atoms with Crippen LogP contribution in [-0.4, -0.2) is 18.1 Å². The fourth-order valence-electron chi connectivity index (χ4n) is 3.17. The van der Waals surface area contributed by atoms with E-state index in [4.69, 9.17) is 4.74 Å². The van der Waals surface area contributed by atoms with Crippen LogP contribution < -0.4 is 10.1 Å². The zero-order valence-electron chi connectivity index (χ0n) is 12.8. The van der Waals surface area contributed by atoms with Crippen LogP contribution in [-0.2, 0) is 6.54 Å². The Balaban J connectivity index is 1.89. The monoisotopic (exact) mass is 284 g/mol. The van der Waals surface area contributed by atoms with Gasteiger partial charge in [-0.25, -0.2) is 4.98 Å². The Hall–Kier alpha value is -1.61. The van der Waals surface area contributed by atoms with Gasteiger partial charge in [0.15, 0.2) is 0 Å². The summed E-state index contributed by atoms with van der Waals surface area (Å²) >= 11 is 0. The number of ether oxygens (including phenoxy) is 1. The molecule has 1 aromatic carbocycles. The predicted molar refractivity (Wildman–Crippen MR) is 86.6 cm³/mol. The van der Waals surface area contributed by atoms with Gasteiger partial charge in [0.2, 0.25) is 5.88 Å². The van der Waals surface area contributed by atoms with E-state index < -0.39 is 0 Å². The van der Waals surface area contributed by atoms with Crippen molar-refractivity contribution in [3.05, 3.63) is 36.0 Å². The zero-order valence-corrected chi connectivity index (χ0v) is 12.8. The highest BCUT2D eigenvalue weighted by atomic mass is 16.5. The molecule has 1 fully saturated rings. The van der Waals surface area contributed by atoms with Gasteiger partial charge in [-0.3, -0.25) is 0 Å². The van der Waals surface area contributed by atoms with Crippen molar-refractivity contribution >= 4 is 10.8 Å². The molecule has 0 spiro atoms. The van der Waals surface area contributed by atoms with Gasteiger partial charge in [0.05, 0.1) is 0 Å². The molecule has 3 heteroatoms. The molecule has 1 N–H and O–H groups in total. The summed E-state index contributed by atoms with van der Waals surface area (Å²) in [5, 5.41) is 5.58. The maximum atomic E-state index is 6.25. The molecule has 0 radical (unpaired) electrons. The molecular weight excluding hydrogens is 260 g/mol. The lowest BCUT2D eigenvalue weighted by molar-refractivity contribution is 0.179. The first-order valence-electron chi connectivity index (χ1n) is 8.06. The van der Waals surface area contributed by atoms with Gasteiger partial charge < -0.3 is 10.1 Å². The second-order valence-electron chi connectivity index (χ2n) is 5.90. The van der Waals surface area contributed by atoms with E-state index in [1.165, 1.54) is 36.6 Å². The SMILES string of the molecule is CNCc1cnc(OC2CCCCCC2)c2ccccc12. The zero-order chi connectivity index (χ0) is 14.5. The van der Waals surface area contributed by atoms with Crippen LogP contribution in [0.1, 0.15) is 44.1 Å². The maximum absolute atomic E-state index is 6.25. The van der Waals surface area contributed by atoms with Crippen molar-refractivity contribution in [2.75, 3.05) is 7.05 Å². The Morgan fingerprint density at radius 1 is 1.10 bits per heavy atom. The van der Waals surface area contributed by atoms with Gasteiger partial charge in [-0.05, 0) is 49.7 Å². The predicted octanol–water partition coefficient (Wildman–Crippen LogP) is 4.06. The van der Waals surface area contributed by atoms with Crippen LogP contribution >= 0.6 is 0 Å². The average molecular weight is 284 g/mol. The summed E-state index contributed by atoms with van der Waals surface area (Å²) < 4.78 is 6.25. The fraction of sp³-hybridized carbons (Fsp3) is 0.500. The number of hydrogen-bond acceptors (Lipinski definition) is 3. The molecule has 1 aliphatic carbocycles. The van der Waals surface area contributed by atoms with Crippen molar-refractivity contribution in [1.29, 1.82) is 0 Å². The number of hydrogen-bond donors (Lipinski definition) is 1. The van der Waals surface area contributed by atoms with E-state index in [1.807, 2.05) is 13.2 Å². The van der Waals surface area contributed by atoms with E-state index in [9.17, 15) is 0 Å². The summed E-state index contributed by atoms with van der Waals surface area (Å²) in [6.45, 7) is 0.831. The first-order valence-corrected chi connectivity index (χ1v) is 8.06. The van der Waals surface area contributed by atoms with Crippen LogP contribution in [0.2, 0.25) is 0 Å². The quantitative estimate of drug-likeness (QED) is 0.860. The van der Waals surface area contributed by atoms with Crippen LogP contribution in [0.15, 0.2) is 30.5 Å². The lowest BCUT2D eigenvalue weighted by atomic mass is 10.1. The van der Waals surface area contributed by atoms with Gasteiger partial charge in [0.25, 0.3) is 0 Å². The first-order chi connectivity index (χ1) is 10.4. The van der Waals surface area contributed by atoms with E-state index in [0.717, 1.165) is 30.7 Å². The first kappa shape index (κ1) is 14.3. The van der Waals surface area contributed by atoms with Crippen molar-refractivity contribution in [3.8, 4) is 5.88 Å². The van der Waals surface area contributed by atoms with Crippen LogP contribution in [0.25, 0.3) is 10.8 Å². The molecule has 3 rings (SSSR count). The molecule has 0 atom stereocenters. The Kier molecular flexibility index (Phi) is 4.71. The Morgan fingerprint density at radius 2 is 1.81 bits per heavy atom. The lowest BCUT2D eigenvalue weighted by Gasteiger charge is -2.18. The van der Waals surface area contributed by atoms with Crippen molar-refractivity contribution in [3.63, 3.8) is 0 Å². The molecule has 0 saturated heterocycles. The van der Waals surface area contributed by atoms with Crippen LogP contribution in [0.5, 0.6) is 5.88 Å². The van der Waals surface area contributed by atoms with Gasteiger partial charge in [-0.15, -0.1) is 0 Å². The normalized spacial score (nSPS) is 16.8. The molecule has 1 aliphatic rings. The largest absolute Gasteiger partial charge is 0.474 e. The van der Waals surface area contributed by atoms with Gasteiger partial charge in [0, 0.05) is 18.1 Å². The molecule has 1 heterocycles. The van der Waals surface area contributed by atoms with Gasteiger partial charge >= 0.3 is 0 Å². The summed E-state index contributed by atoms with van der Waals surface area (Å²) in [6, 6.07) is 8.42. The number of aromatic nitrogens is 1. The number of nitrogens with one attached hydrogen (secondary N) is 1. The molecule has 0 unspecified atom stereocenters. The van der Waals surface area contributed by atoms with E-state index in [0.29, 0.717) is 6.10 Å². The summed E-state index contributed by atoms with van der Waals surface area (Å²) in [5.74, 6) is 0.803. The van der Waals surface area contributed by atoms with Crippen molar-refractivity contribution in [2.45, 2.75) is 51.2 Å². The highest BCUT2D eigenvalue weighted by Gasteiger charge is 2.16. The number of nitrogens with zero attached hydrogens (tertiary/aromatic N) is 1. The third-order valence-electron chi connectivity index (χ3n) is 4.29. The van der Waals surface area contributed by atoms with Crippen LogP contribution in [0, 0.1) is 0 Å². The van der Waals surface area contributed by atoms with Gasteiger partial charge in [-0.1, -0.05) is 31.0 Å². The standard InChI is InChI=1S/C18H24N2O/c1-19-12-14-13-20-18(17-11-7-6-10-16(14)17)21-15-8-4-2-3-5-9-15/h6-7,10-11,13,15,19H,2-5,8-9,12H2,1H3. The fourth-order valence-corrected chi connectivity index (χ4v) is 3.17. The molecule has 0 amide bonds. The Labute approximate surface area is 126 Å². The van der Waals surface area contributed by atoms with E-state index in [2.05, 4.69) is 34.6 Å². The summed E-state index contributed by atoms with van der Waals surface area (Å²) in [5.41, 5.74) is 1.22. The number of rotatable bonds is 4. The number of pyridine rings is 1. The van der Waals surface area contributed by atoms with E-state index >= 15 is 0 Å². The highest BCUT2D eigenvalue weighted by Crippen LogP contribution is 2.29. The van der Waals surface area contributed by atoms with Gasteiger partial charge in [-0.2, -0.15) is 0 Å². The minimum atomic E-state index is 0.332. The second-order valence-corrected chi connectivity index (χ2v) is 5.90. The third kappa shape index (κ3) is 3.35. The highest BCUT2D eigenvalue weighted by molar-refractivity contribution is 5.89. The van der Waals surface area contributed by atoms with Crippen LogP contribution in [0.4, 0.5) is 0 Å². The summed E-state index contributed by atoms with van der Waals surface area (Å²) in [7, 11) is 1.96. The van der Waals surface area contributed by atoms with Crippen molar-refractivity contribution in [1.82, 2.24) is 10.3 Å². The molecule has 0 aliphatic heterocycles. The second kappa shape index (κ2) is 6.90. The van der Waals surface area contributed by atoms with Crippen molar-refractivity contribution < 1.29 is 4.74 Å². The minimum absolute atomic E-state index is 0.332.